The number of rotatable bonds is 4. The van der Waals surface area contributed by atoms with Crippen LogP contribution >= 0.6 is 11.6 Å². The molecule has 0 saturated carbocycles. The highest BCUT2D eigenvalue weighted by atomic mass is 35.5. The molecular weight excluding hydrogens is 284 g/mol. The standard InChI is InChI=1S/C17H17ClN2O/c1-11(2)14-8-17(12(3)7-15(14)18)21-10-13-5-4-6-20-16(13)9-19/h4-8,11H,10H2,1-3H3. The van der Waals surface area contributed by atoms with Gasteiger partial charge in [-0.05, 0) is 42.2 Å². The summed E-state index contributed by atoms with van der Waals surface area (Å²) in [7, 11) is 0. The van der Waals surface area contributed by atoms with Gasteiger partial charge in [0.1, 0.15) is 24.1 Å². The Kier molecular flexibility index (Phi) is 4.82. The third-order valence-electron chi connectivity index (χ3n) is 3.30. The van der Waals surface area contributed by atoms with Crippen LogP contribution in [0.15, 0.2) is 30.5 Å². The van der Waals surface area contributed by atoms with Gasteiger partial charge in [-0.25, -0.2) is 4.98 Å². The number of aromatic nitrogens is 1. The molecule has 1 aromatic heterocycles. The number of aryl methyl sites for hydroxylation is 1. The minimum absolute atomic E-state index is 0.316. The lowest BCUT2D eigenvalue weighted by Crippen LogP contribution is -2.02. The molecule has 0 amide bonds. The van der Waals surface area contributed by atoms with Gasteiger partial charge in [0.15, 0.2) is 0 Å². The molecule has 3 nitrogen and oxygen atoms in total. The first kappa shape index (κ1) is 15.3. The van der Waals surface area contributed by atoms with Crippen LogP contribution in [0, 0.1) is 18.3 Å². The Labute approximate surface area is 130 Å². The third kappa shape index (κ3) is 3.53. The van der Waals surface area contributed by atoms with Gasteiger partial charge in [0.05, 0.1) is 0 Å². The normalized spacial score (nSPS) is 10.5. The number of nitriles is 1. The molecule has 2 rings (SSSR count). The summed E-state index contributed by atoms with van der Waals surface area (Å²) in [5.41, 5.74) is 3.21. The predicted molar refractivity (Wildman–Crippen MR) is 83.6 cm³/mol. The third-order valence-corrected chi connectivity index (χ3v) is 3.62. The Morgan fingerprint density at radius 3 is 2.81 bits per heavy atom. The van der Waals surface area contributed by atoms with Crippen LogP contribution in [0.5, 0.6) is 5.75 Å². The van der Waals surface area contributed by atoms with E-state index < -0.39 is 0 Å². The summed E-state index contributed by atoms with van der Waals surface area (Å²) in [5, 5.41) is 9.80. The van der Waals surface area contributed by atoms with Crippen molar-refractivity contribution in [2.24, 2.45) is 0 Å². The molecule has 1 heterocycles. The van der Waals surface area contributed by atoms with Gasteiger partial charge in [0.2, 0.25) is 0 Å². The molecule has 108 valence electrons. The van der Waals surface area contributed by atoms with Crippen molar-refractivity contribution < 1.29 is 4.74 Å². The van der Waals surface area contributed by atoms with Gasteiger partial charge in [-0.1, -0.05) is 31.5 Å². The molecule has 4 heteroatoms. The summed E-state index contributed by atoms with van der Waals surface area (Å²) < 4.78 is 5.86. The van der Waals surface area contributed by atoms with Crippen LogP contribution in [0.2, 0.25) is 5.02 Å². The van der Waals surface area contributed by atoms with Gasteiger partial charge in [0, 0.05) is 16.8 Å². The van der Waals surface area contributed by atoms with E-state index in [4.69, 9.17) is 21.6 Å². The molecule has 0 radical (unpaired) electrons. The maximum atomic E-state index is 9.04. The molecule has 1 aromatic carbocycles. The van der Waals surface area contributed by atoms with E-state index in [9.17, 15) is 0 Å². The number of ether oxygens (including phenoxy) is 1. The predicted octanol–water partition coefficient (Wildman–Crippen LogP) is 4.62. The zero-order valence-corrected chi connectivity index (χ0v) is 13.1. The Hall–Kier alpha value is -2.05. The average Bonchev–Trinajstić information content (AvgIpc) is 2.46. The van der Waals surface area contributed by atoms with Crippen molar-refractivity contribution in [3.8, 4) is 11.8 Å². The SMILES string of the molecule is Cc1cc(Cl)c(C(C)C)cc1OCc1cccnc1C#N. The summed E-state index contributed by atoms with van der Waals surface area (Å²) in [6.45, 7) is 6.46. The fourth-order valence-electron chi connectivity index (χ4n) is 2.08. The maximum Gasteiger partial charge on any atom is 0.147 e. The first-order valence-corrected chi connectivity index (χ1v) is 7.17. The Morgan fingerprint density at radius 2 is 2.14 bits per heavy atom. The van der Waals surface area contributed by atoms with Crippen LogP contribution < -0.4 is 4.74 Å². The van der Waals surface area contributed by atoms with Gasteiger partial charge in [-0.2, -0.15) is 5.26 Å². The Balaban J connectivity index is 2.24. The second-order valence-electron chi connectivity index (χ2n) is 5.21. The number of benzene rings is 1. The zero-order valence-electron chi connectivity index (χ0n) is 12.4. The number of halogens is 1. The van der Waals surface area contributed by atoms with Crippen LogP contribution in [0.25, 0.3) is 0 Å². The van der Waals surface area contributed by atoms with E-state index >= 15 is 0 Å². The highest BCUT2D eigenvalue weighted by molar-refractivity contribution is 6.31. The number of pyridine rings is 1. The van der Waals surface area contributed by atoms with Gasteiger partial charge < -0.3 is 4.74 Å². The first-order valence-electron chi connectivity index (χ1n) is 6.79. The Bertz CT molecular complexity index is 690. The molecule has 0 bridgehead atoms. The molecular formula is C17H17ClN2O. The quantitative estimate of drug-likeness (QED) is 0.828. The first-order chi connectivity index (χ1) is 10.0. The van der Waals surface area contributed by atoms with Crippen molar-refractivity contribution in [3.05, 3.63) is 57.9 Å². The van der Waals surface area contributed by atoms with Crippen molar-refractivity contribution in [3.63, 3.8) is 0 Å². The van der Waals surface area contributed by atoms with Crippen LogP contribution in [0.3, 0.4) is 0 Å². The van der Waals surface area contributed by atoms with Crippen LogP contribution in [-0.2, 0) is 6.61 Å². The lowest BCUT2D eigenvalue weighted by Gasteiger charge is -2.15. The number of nitrogens with zero attached hydrogens (tertiary/aromatic N) is 2. The van der Waals surface area contributed by atoms with E-state index in [1.54, 1.807) is 12.3 Å². The van der Waals surface area contributed by atoms with Crippen LogP contribution in [0.1, 0.15) is 42.1 Å². The largest absolute Gasteiger partial charge is 0.489 e. The van der Waals surface area contributed by atoms with Gasteiger partial charge in [0.25, 0.3) is 0 Å². The van der Waals surface area contributed by atoms with E-state index in [0.717, 1.165) is 27.5 Å². The fraction of sp³-hybridized carbons (Fsp3) is 0.294. The molecule has 2 aromatic rings. The smallest absolute Gasteiger partial charge is 0.147 e. The molecule has 0 atom stereocenters. The topological polar surface area (TPSA) is 45.9 Å². The van der Waals surface area contributed by atoms with Gasteiger partial charge in [-0.3, -0.25) is 0 Å². The monoisotopic (exact) mass is 300 g/mol. The molecule has 0 N–H and O–H groups in total. The molecule has 0 spiro atoms. The molecule has 21 heavy (non-hydrogen) atoms. The van der Waals surface area contributed by atoms with Crippen LogP contribution in [0.4, 0.5) is 0 Å². The maximum absolute atomic E-state index is 9.04. The summed E-state index contributed by atoms with van der Waals surface area (Å²) in [4.78, 5) is 4.03. The zero-order chi connectivity index (χ0) is 15.4. The van der Waals surface area contributed by atoms with E-state index in [-0.39, 0.29) is 0 Å². The molecule has 0 fully saturated rings. The van der Waals surface area contributed by atoms with Crippen molar-refractivity contribution in [2.75, 3.05) is 0 Å². The number of hydrogen-bond donors (Lipinski definition) is 0. The number of hydrogen-bond acceptors (Lipinski definition) is 3. The Morgan fingerprint density at radius 1 is 1.38 bits per heavy atom. The van der Waals surface area contributed by atoms with Crippen LogP contribution in [-0.4, -0.2) is 4.98 Å². The fourth-order valence-corrected chi connectivity index (χ4v) is 2.51. The molecule has 0 saturated heterocycles. The van der Waals surface area contributed by atoms with E-state index in [2.05, 4.69) is 24.9 Å². The lowest BCUT2D eigenvalue weighted by atomic mass is 10.0. The molecule has 0 aliphatic carbocycles. The van der Waals surface area contributed by atoms with E-state index in [0.29, 0.717) is 18.2 Å². The highest BCUT2D eigenvalue weighted by Gasteiger charge is 2.11. The summed E-state index contributed by atoms with van der Waals surface area (Å²) in [6, 6.07) is 9.61. The van der Waals surface area contributed by atoms with Crippen molar-refractivity contribution >= 4 is 11.6 Å². The van der Waals surface area contributed by atoms with Gasteiger partial charge in [-0.15, -0.1) is 0 Å². The summed E-state index contributed by atoms with van der Waals surface area (Å²) >= 11 is 6.25. The second-order valence-corrected chi connectivity index (χ2v) is 5.61. The summed E-state index contributed by atoms with van der Waals surface area (Å²) in [5.74, 6) is 1.12. The van der Waals surface area contributed by atoms with Crippen molar-refractivity contribution in [1.29, 1.82) is 5.26 Å². The van der Waals surface area contributed by atoms with E-state index in [1.165, 1.54) is 0 Å². The molecule has 0 unspecified atom stereocenters. The highest BCUT2D eigenvalue weighted by Crippen LogP contribution is 2.31. The second kappa shape index (κ2) is 6.60. The van der Waals surface area contributed by atoms with Crippen molar-refractivity contribution in [2.45, 2.75) is 33.3 Å². The minimum Gasteiger partial charge on any atom is -0.489 e. The summed E-state index contributed by atoms with van der Waals surface area (Å²) in [6.07, 6.45) is 1.60. The molecule has 0 aliphatic rings. The van der Waals surface area contributed by atoms with E-state index in [1.807, 2.05) is 25.1 Å². The lowest BCUT2D eigenvalue weighted by molar-refractivity contribution is 0.303. The molecule has 0 aliphatic heterocycles. The minimum atomic E-state index is 0.316. The average molecular weight is 301 g/mol. The van der Waals surface area contributed by atoms with Crippen molar-refractivity contribution in [1.82, 2.24) is 4.98 Å². The van der Waals surface area contributed by atoms with Gasteiger partial charge >= 0.3 is 0 Å².